The molecule has 1 aromatic heterocycles. The van der Waals surface area contributed by atoms with Crippen LogP contribution in [-0.4, -0.2) is 12.1 Å². The van der Waals surface area contributed by atoms with Gasteiger partial charge in [-0.2, -0.15) is 0 Å². The molecule has 0 radical (unpaired) electrons. The van der Waals surface area contributed by atoms with Crippen LogP contribution in [0.2, 0.25) is 5.02 Å². The maximum atomic E-state index is 13.2. The van der Waals surface area contributed by atoms with E-state index in [1.54, 1.807) is 24.3 Å². The summed E-state index contributed by atoms with van der Waals surface area (Å²) in [5.74, 6) is 0.495. The third-order valence-corrected chi connectivity index (χ3v) is 5.43. The molecular weight excluding hydrogens is 408 g/mol. The van der Waals surface area contributed by atoms with Gasteiger partial charge >= 0.3 is 0 Å². The number of rotatable bonds is 4. The van der Waals surface area contributed by atoms with Gasteiger partial charge in [-0.25, -0.2) is 8.78 Å². The quantitative estimate of drug-likeness (QED) is 0.392. The summed E-state index contributed by atoms with van der Waals surface area (Å²) < 4.78 is 30.7. The number of fused-ring (bicyclic) bond motifs is 1. The fourth-order valence-corrected chi connectivity index (χ4v) is 3.81. The second-order valence-electron chi connectivity index (χ2n) is 6.99. The molecule has 3 aromatic carbocycles. The molecule has 6 heteroatoms. The van der Waals surface area contributed by atoms with Crippen LogP contribution in [0.3, 0.4) is 0 Å². The zero-order valence-corrected chi connectivity index (χ0v) is 17.1. The van der Waals surface area contributed by atoms with Gasteiger partial charge in [-0.05, 0) is 29.7 Å². The van der Waals surface area contributed by atoms with Crippen molar-refractivity contribution in [3.63, 3.8) is 0 Å². The molecule has 152 valence electrons. The van der Waals surface area contributed by atoms with Crippen molar-refractivity contribution in [1.82, 2.24) is 4.98 Å². The summed E-state index contributed by atoms with van der Waals surface area (Å²) in [5.41, 5.74) is 4.27. The molecule has 0 aliphatic carbocycles. The minimum atomic E-state index is -2.49. The van der Waals surface area contributed by atoms with Crippen LogP contribution in [0.15, 0.2) is 65.5 Å². The first-order chi connectivity index (χ1) is 14.4. The number of nitrogens with one attached hydrogen (secondary N) is 1. The monoisotopic (exact) mass is 425 g/mol. The first-order valence-corrected chi connectivity index (χ1v) is 9.66. The minimum absolute atomic E-state index is 0.0102. The van der Waals surface area contributed by atoms with E-state index in [2.05, 4.69) is 4.98 Å². The summed E-state index contributed by atoms with van der Waals surface area (Å²) in [7, 11) is 1.52. The lowest BCUT2D eigenvalue weighted by Gasteiger charge is -2.11. The molecular formula is C24H18ClF2NO2. The van der Waals surface area contributed by atoms with Crippen molar-refractivity contribution in [2.24, 2.45) is 0 Å². The predicted molar refractivity (Wildman–Crippen MR) is 117 cm³/mol. The van der Waals surface area contributed by atoms with E-state index in [4.69, 9.17) is 16.3 Å². The average Bonchev–Trinajstić information content (AvgIpc) is 2.74. The van der Waals surface area contributed by atoms with E-state index in [9.17, 15) is 13.6 Å². The first-order valence-electron chi connectivity index (χ1n) is 9.28. The Hall–Kier alpha value is -3.18. The second kappa shape index (κ2) is 7.92. The van der Waals surface area contributed by atoms with Gasteiger partial charge in [0.15, 0.2) is 5.43 Å². The van der Waals surface area contributed by atoms with Crippen LogP contribution in [0.1, 0.15) is 17.7 Å². The Bertz CT molecular complexity index is 1280. The highest BCUT2D eigenvalue weighted by molar-refractivity contribution is 6.32. The smallest absolute Gasteiger partial charge is 0.263 e. The summed E-state index contributed by atoms with van der Waals surface area (Å²) in [6.07, 6.45) is -2.49. The molecule has 0 atom stereocenters. The third-order valence-electron chi connectivity index (χ3n) is 5.13. The Morgan fingerprint density at radius 2 is 1.50 bits per heavy atom. The van der Waals surface area contributed by atoms with Crippen molar-refractivity contribution >= 4 is 22.5 Å². The van der Waals surface area contributed by atoms with Gasteiger partial charge in [-0.3, -0.25) is 4.79 Å². The number of benzene rings is 3. The van der Waals surface area contributed by atoms with E-state index in [0.717, 1.165) is 22.4 Å². The van der Waals surface area contributed by atoms with Gasteiger partial charge < -0.3 is 9.72 Å². The fraction of sp³-hybridized carbons (Fsp3) is 0.125. The largest absolute Gasteiger partial charge is 0.495 e. The molecule has 0 amide bonds. The van der Waals surface area contributed by atoms with Crippen molar-refractivity contribution in [2.45, 2.75) is 13.3 Å². The number of aromatic nitrogens is 1. The molecule has 4 aromatic rings. The summed E-state index contributed by atoms with van der Waals surface area (Å²) in [6, 6.07) is 16.9. The highest BCUT2D eigenvalue weighted by atomic mass is 35.5. The zero-order chi connectivity index (χ0) is 21.4. The van der Waals surface area contributed by atoms with Crippen LogP contribution in [0.5, 0.6) is 5.75 Å². The molecule has 0 saturated carbocycles. The van der Waals surface area contributed by atoms with Gasteiger partial charge in [0, 0.05) is 28.3 Å². The number of aryl methyl sites for hydroxylation is 1. The molecule has 4 rings (SSSR count). The van der Waals surface area contributed by atoms with Crippen molar-refractivity contribution in [2.75, 3.05) is 7.11 Å². The number of halogens is 3. The SMILES string of the molecule is COc1cc2[nH]c(C)c(-c3ccc(-c4ccc(C(F)F)cc4)cc3)c(=O)c2cc1Cl. The van der Waals surface area contributed by atoms with Gasteiger partial charge in [-0.15, -0.1) is 0 Å². The van der Waals surface area contributed by atoms with Gasteiger partial charge in [0.25, 0.3) is 6.43 Å². The fourth-order valence-electron chi connectivity index (χ4n) is 3.57. The molecule has 0 aliphatic heterocycles. The van der Waals surface area contributed by atoms with Gasteiger partial charge in [0.2, 0.25) is 0 Å². The Kier molecular flexibility index (Phi) is 5.31. The van der Waals surface area contributed by atoms with E-state index in [1.807, 2.05) is 31.2 Å². The van der Waals surface area contributed by atoms with E-state index < -0.39 is 6.43 Å². The van der Waals surface area contributed by atoms with E-state index in [1.165, 1.54) is 19.2 Å². The number of H-pyrrole nitrogens is 1. The first kappa shape index (κ1) is 20.1. The number of ether oxygens (including phenoxy) is 1. The molecule has 0 saturated heterocycles. The van der Waals surface area contributed by atoms with Gasteiger partial charge in [0.1, 0.15) is 5.75 Å². The maximum Gasteiger partial charge on any atom is 0.263 e. The number of pyridine rings is 1. The molecule has 1 heterocycles. The van der Waals surface area contributed by atoms with Crippen LogP contribution in [0.4, 0.5) is 8.78 Å². The average molecular weight is 426 g/mol. The lowest BCUT2D eigenvalue weighted by Crippen LogP contribution is -2.10. The van der Waals surface area contributed by atoms with Crippen LogP contribution in [0.25, 0.3) is 33.2 Å². The number of alkyl halides is 2. The Morgan fingerprint density at radius 1 is 0.933 bits per heavy atom. The lowest BCUT2D eigenvalue weighted by molar-refractivity contribution is 0.151. The predicted octanol–water partition coefficient (Wildman–Crippen LogP) is 6.77. The topological polar surface area (TPSA) is 42.1 Å². The highest BCUT2D eigenvalue weighted by Gasteiger charge is 2.14. The molecule has 0 fully saturated rings. The Morgan fingerprint density at radius 3 is 2.07 bits per heavy atom. The van der Waals surface area contributed by atoms with Gasteiger partial charge in [0.05, 0.1) is 17.6 Å². The molecule has 30 heavy (non-hydrogen) atoms. The van der Waals surface area contributed by atoms with E-state index in [0.29, 0.717) is 27.2 Å². The van der Waals surface area contributed by atoms with Crippen LogP contribution in [0, 0.1) is 6.92 Å². The maximum absolute atomic E-state index is 13.2. The molecule has 0 spiro atoms. The standard InChI is InChI=1S/C24H18ClF2NO2/c1-13-22(23(29)18-11-19(25)21(30-2)12-20(18)28-13)16-7-3-14(4-8-16)15-5-9-17(10-6-15)24(26)27/h3-12,24H,1-2H3,(H,28,29). The summed E-state index contributed by atoms with van der Waals surface area (Å²) in [5, 5.41) is 0.848. The van der Waals surface area contributed by atoms with Crippen LogP contribution >= 0.6 is 11.6 Å². The molecule has 1 N–H and O–H groups in total. The van der Waals surface area contributed by atoms with Crippen molar-refractivity contribution in [3.8, 4) is 28.0 Å². The second-order valence-corrected chi connectivity index (χ2v) is 7.39. The Labute approximate surface area is 176 Å². The lowest BCUT2D eigenvalue weighted by atomic mass is 9.97. The molecule has 3 nitrogen and oxygen atoms in total. The third kappa shape index (κ3) is 3.57. The van der Waals surface area contributed by atoms with Crippen molar-refractivity contribution in [3.05, 3.63) is 87.2 Å². The van der Waals surface area contributed by atoms with Gasteiger partial charge in [-0.1, -0.05) is 60.1 Å². The summed E-state index contributed by atoms with van der Waals surface area (Å²) in [6.45, 7) is 1.84. The van der Waals surface area contributed by atoms with Crippen molar-refractivity contribution in [1.29, 1.82) is 0 Å². The number of methoxy groups -OCH3 is 1. The van der Waals surface area contributed by atoms with Crippen molar-refractivity contribution < 1.29 is 13.5 Å². The highest BCUT2D eigenvalue weighted by Crippen LogP contribution is 2.31. The summed E-state index contributed by atoms with van der Waals surface area (Å²) in [4.78, 5) is 16.4. The molecule has 0 unspecified atom stereocenters. The minimum Gasteiger partial charge on any atom is -0.495 e. The Balaban J connectivity index is 1.76. The van der Waals surface area contributed by atoms with E-state index >= 15 is 0 Å². The van der Waals surface area contributed by atoms with E-state index in [-0.39, 0.29) is 11.0 Å². The number of aromatic amines is 1. The normalized spacial score (nSPS) is 11.3. The van der Waals surface area contributed by atoms with Crippen LogP contribution < -0.4 is 10.2 Å². The number of hydrogen-bond acceptors (Lipinski definition) is 2. The zero-order valence-electron chi connectivity index (χ0n) is 16.3. The molecule has 0 aliphatic rings. The van der Waals surface area contributed by atoms with Crippen LogP contribution in [-0.2, 0) is 0 Å². The summed E-state index contributed by atoms with van der Waals surface area (Å²) >= 11 is 6.21. The number of hydrogen-bond donors (Lipinski definition) is 1. The molecule has 0 bridgehead atoms.